The predicted molar refractivity (Wildman–Crippen MR) is 137 cm³/mol. The van der Waals surface area contributed by atoms with Gasteiger partial charge in [-0.05, 0) is 81.1 Å². The smallest absolute Gasteiger partial charge is 0.315 e. The summed E-state index contributed by atoms with van der Waals surface area (Å²) in [7, 11) is 0. The molecule has 0 aliphatic heterocycles. The highest BCUT2D eigenvalue weighted by molar-refractivity contribution is 7.18. The molecule has 0 amide bonds. The first kappa shape index (κ1) is 25.4. The molecule has 0 bridgehead atoms. The molecule has 0 unspecified atom stereocenters. The Labute approximate surface area is 216 Å². The van der Waals surface area contributed by atoms with Crippen molar-refractivity contribution in [3.05, 3.63) is 76.3 Å². The van der Waals surface area contributed by atoms with Gasteiger partial charge in [0, 0.05) is 18.0 Å². The van der Waals surface area contributed by atoms with E-state index in [1.165, 1.54) is 17.4 Å². The van der Waals surface area contributed by atoms with E-state index in [2.05, 4.69) is 20.3 Å². The summed E-state index contributed by atoms with van der Waals surface area (Å²) in [5.74, 6) is -3.19. The van der Waals surface area contributed by atoms with Gasteiger partial charge in [-0.3, -0.25) is 0 Å². The number of ether oxygens (including phenoxy) is 1. The van der Waals surface area contributed by atoms with Crippen molar-refractivity contribution in [3.8, 4) is 5.75 Å². The number of alkyl halides is 2. The summed E-state index contributed by atoms with van der Waals surface area (Å²) in [6, 6.07) is 11.1. The van der Waals surface area contributed by atoms with E-state index in [1.807, 2.05) is 25.1 Å². The lowest BCUT2D eigenvalue weighted by Gasteiger charge is -2.26. The molecular formula is C27H27F3N4O2S. The second-order valence-corrected chi connectivity index (χ2v) is 10.3. The Morgan fingerprint density at radius 2 is 1.78 bits per heavy atom. The molecule has 10 heteroatoms. The Kier molecular flexibility index (Phi) is 7.30. The van der Waals surface area contributed by atoms with E-state index in [-0.39, 0.29) is 30.1 Å². The van der Waals surface area contributed by atoms with Gasteiger partial charge in [0.2, 0.25) is 5.95 Å². The maximum atomic E-state index is 15.5. The van der Waals surface area contributed by atoms with E-state index < -0.39 is 17.4 Å². The van der Waals surface area contributed by atoms with Crippen LogP contribution >= 0.6 is 11.3 Å². The second-order valence-electron chi connectivity index (χ2n) is 9.15. The number of thiazole rings is 1. The van der Waals surface area contributed by atoms with Crippen molar-refractivity contribution in [1.29, 1.82) is 0 Å². The van der Waals surface area contributed by atoms with Gasteiger partial charge < -0.3 is 15.2 Å². The Morgan fingerprint density at radius 3 is 2.51 bits per heavy atom. The van der Waals surface area contributed by atoms with Crippen LogP contribution in [0.5, 0.6) is 5.75 Å². The lowest BCUT2D eigenvalue weighted by molar-refractivity contribution is 0.0378. The number of aromatic nitrogens is 3. The van der Waals surface area contributed by atoms with E-state index >= 15 is 8.78 Å². The van der Waals surface area contributed by atoms with Crippen molar-refractivity contribution in [2.45, 2.75) is 57.1 Å². The van der Waals surface area contributed by atoms with E-state index in [0.29, 0.717) is 38.0 Å². The number of hydrogen-bond acceptors (Lipinski definition) is 7. The van der Waals surface area contributed by atoms with Gasteiger partial charge in [-0.2, -0.15) is 8.78 Å². The standard InChI is InChI=1S/C27H27F3N4O2S/c1-2-36-21-11-12-22-23(15-21)37-25(33-22)14-19-13-24(27(29,30)16-3-5-17(28)6-4-16)34-26(32-19)31-18-7-9-20(35)10-8-18/h3-6,11-13,15,18,20,35H,2,7-10,14H2,1H3,(H,31,32,34). The number of aliphatic hydroxyl groups is 1. The minimum absolute atomic E-state index is 0.0228. The maximum Gasteiger partial charge on any atom is 0.315 e. The average Bonchev–Trinajstić information content (AvgIpc) is 3.27. The topological polar surface area (TPSA) is 80.2 Å². The molecule has 2 aromatic carbocycles. The molecule has 37 heavy (non-hydrogen) atoms. The normalized spacial score (nSPS) is 18.2. The van der Waals surface area contributed by atoms with E-state index in [4.69, 9.17) is 4.74 Å². The lowest BCUT2D eigenvalue weighted by atomic mass is 9.93. The number of hydrogen-bond donors (Lipinski definition) is 2. The summed E-state index contributed by atoms with van der Waals surface area (Å²) >= 11 is 1.46. The summed E-state index contributed by atoms with van der Waals surface area (Å²) in [5.41, 5.74) is 0.374. The summed E-state index contributed by atoms with van der Waals surface area (Å²) < 4.78 is 50.9. The molecule has 1 fully saturated rings. The van der Waals surface area contributed by atoms with Crippen LogP contribution in [0.1, 0.15) is 54.6 Å². The molecule has 0 radical (unpaired) electrons. The van der Waals surface area contributed by atoms with Gasteiger partial charge in [0.15, 0.2) is 0 Å². The number of anilines is 1. The lowest BCUT2D eigenvalue weighted by Crippen LogP contribution is -2.29. The number of aliphatic hydroxyl groups excluding tert-OH is 1. The second kappa shape index (κ2) is 10.6. The molecule has 0 saturated heterocycles. The van der Waals surface area contributed by atoms with Gasteiger partial charge in [0.25, 0.3) is 0 Å². The molecule has 0 atom stereocenters. The number of fused-ring (bicyclic) bond motifs is 1. The first-order valence-corrected chi connectivity index (χ1v) is 13.1. The number of halogens is 3. The van der Waals surface area contributed by atoms with Crippen LogP contribution in [0.3, 0.4) is 0 Å². The quantitative estimate of drug-likeness (QED) is 0.289. The van der Waals surface area contributed by atoms with Gasteiger partial charge in [0.05, 0.1) is 33.6 Å². The van der Waals surface area contributed by atoms with Crippen molar-refractivity contribution in [1.82, 2.24) is 15.0 Å². The van der Waals surface area contributed by atoms with Gasteiger partial charge in [-0.1, -0.05) is 0 Å². The number of nitrogens with one attached hydrogen (secondary N) is 1. The van der Waals surface area contributed by atoms with Crippen LogP contribution in [0, 0.1) is 5.82 Å². The Bertz CT molecular complexity index is 1370. The van der Waals surface area contributed by atoms with Gasteiger partial charge >= 0.3 is 5.92 Å². The van der Waals surface area contributed by atoms with Crippen LogP contribution in [0.4, 0.5) is 19.1 Å². The monoisotopic (exact) mass is 528 g/mol. The van der Waals surface area contributed by atoms with E-state index in [0.717, 1.165) is 45.2 Å². The van der Waals surface area contributed by atoms with E-state index in [9.17, 15) is 9.50 Å². The van der Waals surface area contributed by atoms with Crippen LogP contribution in [0.15, 0.2) is 48.5 Å². The zero-order valence-corrected chi connectivity index (χ0v) is 21.1. The van der Waals surface area contributed by atoms with Crippen molar-refractivity contribution in [2.75, 3.05) is 11.9 Å². The minimum Gasteiger partial charge on any atom is -0.494 e. The molecule has 0 spiro atoms. The number of benzene rings is 2. The third-order valence-corrected chi connectivity index (χ3v) is 7.40. The van der Waals surface area contributed by atoms with Crippen LogP contribution in [0.2, 0.25) is 0 Å². The fourth-order valence-electron chi connectivity index (χ4n) is 4.46. The average molecular weight is 529 g/mol. The third-order valence-electron chi connectivity index (χ3n) is 6.39. The molecule has 2 N–H and O–H groups in total. The van der Waals surface area contributed by atoms with Gasteiger partial charge in [0.1, 0.15) is 17.3 Å². The highest BCUT2D eigenvalue weighted by atomic mass is 32.1. The van der Waals surface area contributed by atoms with E-state index in [1.54, 1.807) is 0 Å². The summed E-state index contributed by atoms with van der Waals surface area (Å²) in [6.45, 7) is 2.47. The number of nitrogens with zero attached hydrogens (tertiary/aromatic N) is 3. The Balaban J connectivity index is 1.48. The van der Waals surface area contributed by atoms with Crippen LogP contribution in [-0.4, -0.2) is 38.8 Å². The van der Waals surface area contributed by atoms with Crippen molar-refractivity contribution >= 4 is 27.5 Å². The molecular weight excluding hydrogens is 501 g/mol. The summed E-state index contributed by atoms with van der Waals surface area (Å²) in [4.78, 5) is 13.4. The Hall–Kier alpha value is -3.24. The van der Waals surface area contributed by atoms with Crippen molar-refractivity contribution in [3.63, 3.8) is 0 Å². The fraction of sp³-hybridized carbons (Fsp3) is 0.370. The molecule has 5 rings (SSSR count). The molecule has 2 heterocycles. The fourth-order valence-corrected chi connectivity index (χ4v) is 5.47. The van der Waals surface area contributed by atoms with Gasteiger partial charge in [-0.25, -0.2) is 19.3 Å². The molecule has 1 saturated carbocycles. The molecule has 1 aliphatic carbocycles. The minimum atomic E-state index is -3.45. The first-order valence-electron chi connectivity index (χ1n) is 12.3. The van der Waals surface area contributed by atoms with Crippen LogP contribution in [-0.2, 0) is 12.3 Å². The summed E-state index contributed by atoms with van der Waals surface area (Å²) in [6.07, 6.45) is 2.55. The van der Waals surface area contributed by atoms with Crippen molar-refractivity contribution in [2.24, 2.45) is 0 Å². The molecule has 4 aromatic rings. The van der Waals surface area contributed by atoms with Crippen molar-refractivity contribution < 1.29 is 23.0 Å². The first-order chi connectivity index (χ1) is 17.8. The van der Waals surface area contributed by atoms with Crippen LogP contribution < -0.4 is 10.1 Å². The highest BCUT2D eigenvalue weighted by Crippen LogP contribution is 2.36. The Morgan fingerprint density at radius 1 is 1.03 bits per heavy atom. The van der Waals surface area contributed by atoms with Crippen LogP contribution in [0.25, 0.3) is 10.2 Å². The molecule has 2 aromatic heterocycles. The zero-order chi connectivity index (χ0) is 26.0. The predicted octanol–water partition coefficient (Wildman–Crippen LogP) is 6.07. The molecule has 6 nitrogen and oxygen atoms in total. The zero-order valence-electron chi connectivity index (χ0n) is 20.3. The summed E-state index contributed by atoms with van der Waals surface area (Å²) in [5, 5.41) is 13.7. The maximum absolute atomic E-state index is 15.5. The molecule has 1 aliphatic rings. The SMILES string of the molecule is CCOc1ccc2nc(Cc3cc(C(F)(F)c4ccc(F)cc4)nc(NC4CCC(O)CC4)n3)sc2c1. The largest absolute Gasteiger partial charge is 0.494 e. The highest BCUT2D eigenvalue weighted by Gasteiger charge is 2.37. The third kappa shape index (κ3) is 5.86. The molecule has 194 valence electrons. The van der Waals surface area contributed by atoms with Gasteiger partial charge in [-0.15, -0.1) is 11.3 Å². The number of rotatable bonds is 8.